The zero-order valence-corrected chi connectivity index (χ0v) is 15.2. The lowest BCUT2D eigenvalue weighted by molar-refractivity contribution is -0.119. The lowest BCUT2D eigenvalue weighted by Crippen LogP contribution is -2.45. The van der Waals surface area contributed by atoms with Crippen LogP contribution in [-0.4, -0.2) is 26.2 Å². The van der Waals surface area contributed by atoms with E-state index in [0.29, 0.717) is 11.1 Å². The van der Waals surface area contributed by atoms with E-state index in [4.69, 9.17) is 11.6 Å². The van der Waals surface area contributed by atoms with Gasteiger partial charge in [0.05, 0.1) is 5.92 Å². The number of amides is 1. The summed E-state index contributed by atoms with van der Waals surface area (Å²) in [5, 5.41) is 1.47. The van der Waals surface area contributed by atoms with Crippen molar-refractivity contribution >= 4 is 38.9 Å². The molecule has 0 aliphatic carbocycles. The average Bonchev–Trinajstić information content (AvgIpc) is 3.06. The number of hydrazine groups is 1. The molecule has 1 fully saturated rings. The summed E-state index contributed by atoms with van der Waals surface area (Å²) in [5.74, 6) is -3.46. The van der Waals surface area contributed by atoms with E-state index in [2.05, 4.69) is 20.9 Å². The van der Waals surface area contributed by atoms with Crippen LogP contribution in [0.5, 0.6) is 0 Å². The Morgan fingerprint density at radius 3 is 2.33 bits per heavy atom. The molecule has 2 aromatic rings. The highest BCUT2D eigenvalue weighted by atomic mass is 35.5. The maximum Gasteiger partial charge on any atom is 0.250 e. The second-order valence-electron chi connectivity index (χ2n) is 5.85. The highest BCUT2D eigenvalue weighted by Gasteiger charge is 2.42. The third-order valence-corrected chi connectivity index (χ3v) is 5.72. The Hall–Kier alpha value is -2.27. The van der Waals surface area contributed by atoms with Crippen LogP contribution in [0.15, 0.2) is 42.5 Å². The molecular formula is C16H15ClF2N4O3S. The third kappa shape index (κ3) is 4.72. The third-order valence-electron chi connectivity index (χ3n) is 3.84. The molecule has 1 amide bonds. The lowest BCUT2D eigenvalue weighted by Gasteiger charge is -2.19. The van der Waals surface area contributed by atoms with Crippen LogP contribution in [-0.2, 0) is 14.8 Å². The second kappa shape index (κ2) is 7.77. The van der Waals surface area contributed by atoms with Gasteiger partial charge in [0.2, 0.25) is 5.91 Å². The first kappa shape index (κ1) is 19.5. The van der Waals surface area contributed by atoms with Crippen LogP contribution in [0.1, 0.15) is 0 Å². The average molecular weight is 417 g/mol. The van der Waals surface area contributed by atoms with Gasteiger partial charge < -0.3 is 5.32 Å². The predicted octanol–water partition coefficient (Wildman–Crippen LogP) is 2.05. The number of hydrogen-bond donors (Lipinski definition) is 4. The van der Waals surface area contributed by atoms with Crippen molar-refractivity contribution in [2.75, 3.05) is 16.6 Å². The summed E-state index contributed by atoms with van der Waals surface area (Å²) in [6.07, 6.45) is 0. The van der Waals surface area contributed by atoms with Gasteiger partial charge >= 0.3 is 0 Å². The van der Waals surface area contributed by atoms with Crippen molar-refractivity contribution in [1.82, 2.24) is 10.9 Å². The number of anilines is 2. The summed E-state index contributed by atoms with van der Waals surface area (Å²) in [6, 6.07) is 8.53. The van der Waals surface area contributed by atoms with E-state index in [-0.39, 0.29) is 17.9 Å². The number of benzene rings is 2. The molecule has 3 rings (SSSR count). The summed E-state index contributed by atoms with van der Waals surface area (Å²) in [4.78, 5) is 12.4. The minimum Gasteiger partial charge on any atom is -0.326 e. The number of carbonyl (C=O) groups is 1. The summed E-state index contributed by atoms with van der Waals surface area (Å²) in [6.45, 7) is 0.00975. The Balaban J connectivity index is 1.75. The van der Waals surface area contributed by atoms with Crippen LogP contribution in [0, 0.1) is 17.6 Å². The molecule has 1 aliphatic heterocycles. The van der Waals surface area contributed by atoms with E-state index in [0.717, 1.165) is 12.1 Å². The molecule has 144 valence electrons. The van der Waals surface area contributed by atoms with Crippen LogP contribution in [0.2, 0.25) is 5.02 Å². The Kier molecular flexibility index (Phi) is 5.61. The van der Waals surface area contributed by atoms with Gasteiger partial charge in [-0.1, -0.05) is 11.6 Å². The number of sulfonamides is 1. The van der Waals surface area contributed by atoms with Gasteiger partial charge in [0.25, 0.3) is 10.0 Å². The predicted molar refractivity (Wildman–Crippen MR) is 97.4 cm³/mol. The zero-order chi connectivity index (χ0) is 19.6. The number of hydrogen-bond acceptors (Lipinski definition) is 5. The van der Waals surface area contributed by atoms with Gasteiger partial charge in [-0.2, -0.15) is 0 Å². The first-order chi connectivity index (χ1) is 12.7. The second-order valence-corrected chi connectivity index (χ2v) is 8.09. The molecular weight excluding hydrogens is 402 g/mol. The Labute approximate surface area is 159 Å². The molecule has 1 aliphatic rings. The molecule has 11 heteroatoms. The molecule has 0 spiro atoms. The standard InChI is InChI=1S/C16H15ClF2N4O3S/c17-9-1-3-12(4-2-9)23-27(25,26)16-14(8-20-22-16)15(24)21-13-6-10(18)5-11(19)7-13/h1-7,14,16,20,22-23H,8H2,(H,21,24). The number of rotatable bonds is 5. The van der Waals surface area contributed by atoms with Gasteiger partial charge in [-0.3, -0.25) is 14.9 Å². The van der Waals surface area contributed by atoms with Crippen LogP contribution in [0.3, 0.4) is 0 Å². The van der Waals surface area contributed by atoms with E-state index >= 15 is 0 Å². The van der Waals surface area contributed by atoms with Crippen LogP contribution < -0.4 is 20.9 Å². The van der Waals surface area contributed by atoms with Crippen LogP contribution in [0.25, 0.3) is 0 Å². The smallest absolute Gasteiger partial charge is 0.250 e. The van der Waals surface area contributed by atoms with Crippen molar-refractivity contribution in [2.45, 2.75) is 5.37 Å². The summed E-state index contributed by atoms with van der Waals surface area (Å²) in [7, 11) is -4.00. The highest BCUT2D eigenvalue weighted by molar-refractivity contribution is 7.93. The van der Waals surface area contributed by atoms with Gasteiger partial charge in [-0.15, -0.1) is 0 Å². The largest absolute Gasteiger partial charge is 0.326 e. The number of halogens is 3. The molecule has 1 heterocycles. The number of carbonyl (C=O) groups excluding carboxylic acids is 1. The molecule has 0 aromatic heterocycles. The first-order valence-corrected chi connectivity index (χ1v) is 9.69. The fourth-order valence-corrected chi connectivity index (χ4v) is 4.22. The number of nitrogens with one attached hydrogen (secondary N) is 4. The molecule has 0 saturated carbocycles. The van der Waals surface area contributed by atoms with E-state index in [1.165, 1.54) is 24.3 Å². The SMILES string of the molecule is O=C(Nc1cc(F)cc(F)c1)C1CNNC1S(=O)(=O)Nc1ccc(Cl)cc1. The zero-order valence-electron chi connectivity index (χ0n) is 13.7. The Morgan fingerprint density at radius 2 is 1.70 bits per heavy atom. The van der Waals surface area contributed by atoms with E-state index in [1.54, 1.807) is 0 Å². The molecule has 27 heavy (non-hydrogen) atoms. The van der Waals surface area contributed by atoms with Gasteiger partial charge in [0, 0.05) is 29.0 Å². The van der Waals surface area contributed by atoms with Gasteiger partial charge in [-0.25, -0.2) is 22.6 Å². The van der Waals surface area contributed by atoms with Crippen molar-refractivity contribution in [1.29, 1.82) is 0 Å². The summed E-state index contributed by atoms with van der Waals surface area (Å²) >= 11 is 5.77. The van der Waals surface area contributed by atoms with Gasteiger partial charge in [0.15, 0.2) is 5.37 Å². The monoisotopic (exact) mass is 416 g/mol. The fraction of sp³-hybridized carbons (Fsp3) is 0.188. The van der Waals surface area contributed by atoms with Crippen molar-refractivity contribution < 1.29 is 22.0 Å². The Bertz CT molecular complexity index is 936. The Morgan fingerprint density at radius 1 is 1.07 bits per heavy atom. The van der Waals surface area contributed by atoms with Crippen molar-refractivity contribution in [3.63, 3.8) is 0 Å². The molecule has 0 bridgehead atoms. The topological polar surface area (TPSA) is 99.3 Å². The maximum atomic E-state index is 13.3. The van der Waals surface area contributed by atoms with Gasteiger partial charge in [0.1, 0.15) is 11.6 Å². The van der Waals surface area contributed by atoms with Crippen molar-refractivity contribution in [3.8, 4) is 0 Å². The molecule has 0 radical (unpaired) electrons. The van der Waals surface area contributed by atoms with Crippen molar-refractivity contribution in [2.24, 2.45) is 5.92 Å². The van der Waals surface area contributed by atoms with Crippen LogP contribution in [0.4, 0.5) is 20.2 Å². The normalized spacial score (nSPS) is 19.7. The molecule has 7 nitrogen and oxygen atoms in total. The van der Waals surface area contributed by atoms with Crippen molar-refractivity contribution in [3.05, 3.63) is 59.1 Å². The maximum absolute atomic E-state index is 13.3. The molecule has 1 saturated heterocycles. The lowest BCUT2D eigenvalue weighted by atomic mass is 10.1. The first-order valence-electron chi connectivity index (χ1n) is 7.77. The highest BCUT2D eigenvalue weighted by Crippen LogP contribution is 2.21. The van der Waals surface area contributed by atoms with Gasteiger partial charge in [-0.05, 0) is 36.4 Å². The van der Waals surface area contributed by atoms with E-state index in [9.17, 15) is 22.0 Å². The summed E-state index contributed by atoms with van der Waals surface area (Å²) < 4.78 is 54.1. The minimum absolute atomic E-state index is 0.00975. The minimum atomic E-state index is -4.00. The fourth-order valence-electron chi connectivity index (χ4n) is 2.61. The molecule has 2 unspecified atom stereocenters. The van der Waals surface area contributed by atoms with Crippen LogP contribution >= 0.6 is 11.6 Å². The van der Waals surface area contributed by atoms with E-state index in [1.807, 2.05) is 0 Å². The molecule has 2 atom stereocenters. The van der Waals surface area contributed by atoms with E-state index < -0.39 is 38.9 Å². The molecule has 4 N–H and O–H groups in total. The summed E-state index contributed by atoms with van der Waals surface area (Å²) in [5.41, 5.74) is 5.32. The quantitative estimate of drug-likeness (QED) is 0.598. The molecule has 2 aromatic carbocycles.